The van der Waals surface area contributed by atoms with Crippen LogP contribution in [-0.2, 0) is 17.9 Å². The van der Waals surface area contributed by atoms with Crippen LogP contribution in [0.1, 0.15) is 10.4 Å². The fourth-order valence-electron chi connectivity index (χ4n) is 2.85. The van der Waals surface area contributed by atoms with E-state index in [0.717, 1.165) is 56.4 Å². The van der Waals surface area contributed by atoms with E-state index in [0.29, 0.717) is 23.1 Å². The summed E-state index contributed by atoms with van der Waals surface area (Å²) in [7, 11) is 1.64. The highest BCUT2D eigenvalue weighted by molar-refractivity contribution is 7.09. The van der Waals surface area contributed by atoms with E-state index in [4.69, 9.17) is 25.8 Å². The minimum atomic E-state index is 0. The van der Waals surface area contributed by atoms with Crippen molar-refractivity contribution >= 4 is 47.8 Å². The van der Waals surface area contributed by atoms with E-state index in [1.165, 1.54) is 0 Å². The SMILES string of the molecule is COc1cc(CNCCN2CCOCC2)cc(Cl)c1OCc1cccs1.Cl.Cl. The van der Waals surface area contributed by atoms with E-state index in [1.54, 1.807) is 18.4 Å². The monoisotopic (exact) mass is 468 g/mol. The lowest BCUT2D eigenvalue weighted by Gasteiger charge is -2.26. The number of ether oxygens (including phenoxy) is 3. The lowest BCUT2D eigenvalue weighted by atomic mass is 10.2. The normalized spacial score (nSPS) is 14.1. The van der Waals surface area contributed by atoms with Gasteiger partial charge in [-0.3, -0.25) is 4.90 Å². The molecule has 2 heterocycles. The van der Waals surface area contributed by atoms with Crippen molar-refractivity contribution in [3.05, 3.63) is 45.1 Å². The fourth-order valence-corrected chi connectivity index (χ4v) is 3.75. The number of benzene rings is 1. The van der Waals surface area contributed by atoms with Crippen LogP contribution in [0, 0.1) is 0 Å². The molecule has 1 saturated heterocycles. The zero-order chi connectivity index (χ0) is 18.2. The molecule has 1 aliphatic rings. The molecule has 2 aromatic rings. The first-order chi connectivity index (χ1) is 12.8. The quantitative estimate of drug-likeness (QED) is 0.556. The Morgan fingerprint density at radius 2 is 2.04 bits per heavy atom. The summed E-state index contributed by atoms with van der Waals surface area (Å²) >= 11 is 8.10. The van der Waals surface area contributed by atoms with Gasteiger partial charge < -0.3 is 19.5 Å². The minimum absolute atomic E-state index is 0. The Labute approximate surface area is 188 Å². The molecule has 158 valence electrons. The Hall–Kier alpha value is -0.730. The topological polar surface area (TPSA) is 43.0 Å². The summed E-state index contributed by atoms with van der Waals surface area (Å²) in [5, 5.41) is 6.07. The molecule has 0 bridgehead atoms. The Balaban J connectivity index is 0.00000196. The van der Waals surface area contributed by atoms with E-state index in [2.05, 4.69) is 10.2 Å². The molecule has 5 nitrogen and oxygen atoms in total. The molecular formula is C19H27Cl3N2O3S. The number of thiophene rings is 1. The third kappa shape index (κ3) is 7.59. The molecule has 9 heteroatoms. The lowest BCUT2D eigenvalue weighted by molar-refractivity contribution is 0.0384. The van der Waals surface area contributed by atoms with E-state index in [9.17, 15) is 0 Å². The number of rotatable bonds is 9. The van der Waals surface area contributed by atoms with Gasteiger partial charge in [0.25, 0.3) is 0 Å². The zero-order valence-electron chi connectivity index (χ0n) is 15.8. The zero-order valence-corrected chi connectivity index (χ0v) is 19.0. The molecule has 0 radical (unpaired) electrons. The molecular weight excluding hydrogens is 443 g/mol. The third-order valence-electron chi connectivity index (χ3n) is 4.27. The van der Waals surface area contributed by atoms with Crippen LogP contribution in [0.2, 0.25) is 5.02 Å². The van der Waals surface area contributed by atoms with Crippen molar-refractivity contribution in [1.82, 2.24) is 10.2 Å². The first-order valence-corrected chi connectivity index (χ1v) is 10.0. The highest BCUT2D eigenvalue weighted by Crippen LogP contribution is 2.37. The van der Waals surface area contributed by atoms with Crippen molar-refractivity contribution < 1.29 is 14.2 Å². The Kier molecular flexibility index (Phi) is 12.2. The maximum atomic E-state index is 6.44. The van der Waals surface area contributed by atoms with Crippen LogP contribution in [0.5, 0.6) is 11.5 Å². The Morgan fingerprint density at radius 1 is 1.25 bits per heavy atom. The van der Waals surface area contributed by atoms with Gasteiger partial charge in [0.05, 0.1) is 25.3 Å². The number of nitrogens with zero attached hydrogens (tertiary/aromatic N) is 1. The van der Waals surface area contributed by atoms with E-state index >= 15 is 0 Å². The number of methoxy groups -OCH3 is 1. The standard InChI is InChI=1S/C19H25ClN2O3S.2ClH/c1-23-18-12-15(13-21-4-5-22-6-8-24-9-7-22)11-17(20)19(18)25-14-16-3-2-10-26-16;;/h2-3,10-12,21H,4-9,13-14H2,1H3;2*1H. The minimum Gasteiger partial charge on any atom is -0.493 e. The van der Waals surface area contributed by atoms with Gasteiger partial charge in [0, 0.05) is 37.6 Å². The van der Waals surface area contributed by atoms with Crippen molar-refractivity contribution in [3.8, 4) is 11.5 Å². The Bertz CT molecular complexity index is 683. The van der Waals surface area contributed by atoms with Gasteiger partial charge in [-0.15, -0.1) is 36.2 Å². The first kappa shape index (κ1) is 25.3. The van der Waals surface area contributed by atoms with Gasteiger partial charge in [-0.05, 0) is 29.1 Å². The molecule has 1 aliphatic heterocycles. The van der Waals surface area contributed by atoms with Crippen LogP contribution in [0.25, 0.3) is 0 Å². The average Bonchev–Trinajstić information content (AvgIpc) is 3.18. The van der Waals surface area contributed by atoms with Crippen LogP contribution < -0.4 is 14.8 Å². The number of nitrogens with one attached hydrogen (secondary N) is 1. The highest BCUT2D eigenvalue weighted by atomic mass is 35.5. The van der Waals surface area contributed by atoms with Crippen LogP contribution in [0.4, 0.5) is 0 Å². The molecule has 1 N–H and O–H groups in total. The van der Waals surface area contributed by atoms with Crippen molar-refractivity contribution in [2.45, 2.75) is 13.2 Å². The van der Waals surface area contributed by atoms with Crippen LogP contribution in [-0.4, -0.2) is 51.4 Å². The maximum Gasteiger partial charge on any atom is 0.180 e. The van der Waals surface area contributed by atoms with Crippen LogP contribution >= 0.6 is 47.8 Å². The number of morpholine rings is 1. The maximum absolute atomic E-state index is 6.44. The van der Waals surface area contributed by atoms with Gasteiger partial charge >= 0.3 is 0 Å². The molecule has 1 aromatic carbocycles. The molecule has 0 saturated carbocycles. The summed E-state index contributed by atoms with van der Waals surface area (Å²) < 4.78 is 16.7. The number of hydrogen-bond acceptors (Lipinski definition) is 6. The first-order valence-electron chi connectivity index (χ1n) is 8.78. The molecule has 28 heavy (non-hydrogen) atoms. The second-order valence-corrected chi connectivity index (χ2v) is 7.55. The molecule has 0 atom stereocenters. The molecule has 0 unspecified atom stereocenters. The van der Waals surface area contributed by atoms with Crippen molar-refractivity contribution in [1.29, 1.82) is 0 Å². The second-order valence-electron chi connectivity index (χ2n) is 6.11. The second kappa shape index (κ2) is 13.5. The van der Waals surface area contributed by atoms with Crippen LogP contribution in [0.15, 0.2) is 29.6 Å². The van der Waals surface area contributed by atoms with E-state index in [-0.39, 0.29) is 24.8 Å². The third-order valence-corrected chi connectivity index (χ3v) is 5.40. The smallest absolute Gasteiger partial charge is 0.180 e. The van der Waals surface area contributed by atoms with Crippen molar-refractivity contribution in [3.63, 3.8) is 0 Å². The predicted octanol–water partition coefficient (Wildman–Crippen LogP) is 4.25. The molecule has 1 fully saturated rings. The summed E-state index contributed by atoms with van der Waals surface area (Å²) in [5.41, 5.74) is 1.08. The molecule has 0 aliphatic carbocycles. The molecule has 3 rings (SSSR count). The van der Waals surface area contributed by atoms with Gasteiger partial charge in [-0.1, -0.05) is 17.7 Å². The molecule has 1 aromatic heterocycles. The number of halogens is 3. The Morgan fingerprint density at radius 3 is 2.71 bits per heavy atom. The summed E-state index contributed by atoms with van der Waals surface area (Å²) in [6.07, 6.45) is 0. The summed E-state index contributed by atoms with van der Waals surface area (Å²) in [6, 6.07) is 7.97. The van der Waals surface area contributed by atoms with Crippen LogP contribution in [0.3, 0.4) is 0 Å². The lowest BCUT2D eigenvalue weighted by Crippen LogP contribution is -2.40. The largest absolute Gasteiger partial charge is 0.493 e. The molecule has 0 amide bonds. The van der Waals surface area contributed by atoms with E-state index in [1.807, 2.05) is 29.6 Å². The van der Waals surface area contributed by atoms with Gasteiger partial charge in [-0.2, -0.15) is 0 Å². The summed E-state index contributed by atoms with van der Waals surface area (Å²) in [6.45, 7) is 6.87. The summed E-state index contributed by atoms with van der Waals surface area (Å²) in [5.74, 6) is 1.26. The number of hydrogen-bond donors (Lipinski definition) is 1. The summed E-state index contributed by atoms with van der Waals surface area (Å²) in [4.78, 5) is 3.56. The van der Waals surface area contributed by atoms with Crippen molar-refractivity contribution in [2.24, 2.45) is 0 Å². The van der Waals surface area contributed by atoms with Crippen molar-refractivity contribution in [2.75, 3.05) is 46.5 Å². The predicted molar refractivity (Wildman–Crippen MR) is 120 cm³/mol. The van der Waals surface area contributed by atoms with E-state index < -0.39 is 0 Å². The average molecular weight is 470 g/mol. The molecule has 0 spiro atoms. The van der Waals surface area contributed by atoms with Gasteiger partial charge in [-0.25, -0.2) is 0 Å². The van der Waals surface area contributed by atoms with Gasteiger partial charge in [0.2, 0.25) is 0 Å². The highest BCUT2D eigenvalue weighted by Gasteiger charge is 2.13. The fraction of sp³-hybridized carbons (Fsp3) is 0.474. The van der Waals surface area contributed by atoms with Gasteiger partial charge in [0.15, 0.2) is 11.5 Å². The van der Waals surface area contributed by atoms with Gasteiger partial charge in [0.1, 0.15) is 6.61 Å².